The number of rotatable bonds is 1. The lowest BCUT2D eigenvalue weighted by atomic mass is 10.00. The van der Waals surface area contributed by atoms with Crippen molar-refractivity contribution >= 4 is 23.6 Å². The van der Waals surface area contributed by atoms with Crippen LogP contribution in [0.4, 0.5) is 0 Å². The number of carbonyl (C=O) groups excluding carboxylic acids is 1. The van der Waals surface area contributed by atoms with E-state index in [0.29, 0.717) is 0 Å². The third-order valence-corrected chi connectivity index (χ3v) is 3.15. The lowest BCUT2D eigenvalue weighted by molar-refractivity contribution is -0.117. The van der Waals surface area contributed by atoms with Gasteiger partial charge in [-0.05, 0) is 19.1 Å². The van der Waals surface area contributed by atoms with Crippen molar-refractivity contribution in [3.63, 3.8) is 0 Å². The Morgan fingerprint density at radius 3 is 2.06 bits per heavy atom. The lowest BCUT2D eigenvalue weighted by Crippen LogP contribution is -2.16. The second-order valence-corrected chi connectivity index (χ2v) is 5.64. The maximum atomic E-state index is 11.7. The first-order valence-electron chi connectivity index (χ1n) is 5.20. The van der Waals surface area contributed by atoms with Gasteiger partial charge in [0, 0.05) is 10.3 Å². The Morgan fingerprint density at radius 2 is 1.71 bits per heavy atom. The number of thioether (sulfide) groups is 1. The minimum absolute atomic E-state index is 0.210. The summed E-state index contributed by atoms with van der Waals surface area (Å²) in [7, 11) is 0. The summed E-state index contributed by atoms with van der Waals surface area (Å²) in [5, 5.41) is 0.210. The molecule has 4 heteroatoms. The standard InChI is InChI=1S/C12H16OS.CH2N2/c1-9-5-7-10(8-6-9)14-11(13)12(2,3)4;1-3-2/h5-8H,1-4H3;1H2. The fraction of sp³-hybridized carbons (Fsp3) is 0.385. The van der Waals surface area contributed by atoms with E-state index in [2.05, 4.69) is 11.5 Å². The van der Waals surface area contributed by atoms with Gasteiger partial charge in [0.2, 0.25) is 6.72 Å². The third-order valence-electron chi connectivity index (χ3n) is 1.84. The highest BCUT2D eigenvalue weighted by Gasteiger charge is 2.21. The molecule has 0 saturated carbocycles. The number of benzene rings is 1. The Balaban J connectivity index is 0.000000770. The molecule has 0 heterocycles. The van der Waals surface area contributed by atoms with Crippen LogP contribution in [0.5, 0.6) is 0 Å². The average Bonchev–Trinajstić information content (AvgIpc) is 2.21. The average molecular weight is 250 g/mol. The van der Waals surface area contributed by atoms with E-state index < -0.39 is 0 Å². The van der Waals surface area contributed by atoms with Gasteiger partial charge in [-0.3, -0.25) is 4.79 Å². The summed E-state index contributed by atoms with van der Waals surface area (Å²) >= 11 is 1.32. The molecule has 1 aromatic carbocycles. The summed E-state index contributed by atoms with van der Waals surface area (Å²) in [5.41, 5.74) is 8.03. The Hall–Kier alpha value is -1.38. The van der Waals surface area contributed by atoms with Crippen molar-refractivity contribution in [2.24, 2.45) is 5.41 Å². The van der Waals surface area contributed by atoms with Gasteiger partial charge in [-0.1, -0.05) is 50.2 Å². The molecule has 1 aromatic rings. The molecule has 0 amide bonds. The van der Waals surface area contributed by atoms with Gasteiger partial charge in [0.05, 0.1) is 0 Å². The summed E-state index contributed by atoms with van der Waals surface area (Å²) in [6, 6.07) is 8.03. The van der Waals surface area contributed by atoms with Gasteiger partial charge >= 0.3 is 0 Å². The topological polar surface area (TPSA) is 53.5 Å². The van der Waals surface area contributed by atoms with E-state index in [1.807, 2.05) is 52.0 Å². The highest BCUT2D eigenvalue weighted by molar-refractivity contribution is 8.13. The van der Waals surface area contributed by atoms with Crippen molar-refractivity contribution in [3.05, 3.63) is 35.4 Å². The summed E-state index contributed by atoms with van der Waals surface area (Å²) < 4.78 is 0. The van der Waals surface area contributed by atoms with Gasteiger partial charge in [0.1, 0.15) is 0 Å². The Labute approximate surface area is 107 Å². The summed E-state index contributed by atoms with van der Waals surface area (Å²) in [5.74, 6) is 0. The van der Waals surface area contributed by atoms with E-state index in [9.17, 15) is 4.79 Å². The second-order valence-electron chi connectivity index (χ2n) is 4.59. The zero-order chi connectivity index (χ0) is 13.5. The molecule has 0 spiro atoms. The number of hydrogen-bond donors (Lipinski definition) is 0. The van der Waals surface area contributed by atoms with Crippen LogP contribution in [0.15, 0.2) is 29.2 Å². The number of hydrogen-bond acceptors (Lipinski definition) is 2. The minimum Gasteiger partial charge on any atom is -0.362 e. The Bertz CT molecular complexity index is 398. The highest BCUT2D eigenvalue weighted by atomic mass is 32.2. The van der Waals surface area contributed by atoms with Crippen molar-refractivity contribution in [3.8, 4) is 0 Å². The normalized spacial score (nSPS) is 9.88. The predicted molar refractivity (Wildman–Crippen MR) is 72.2 cm³/mol. The summed E-state index contributed by atoms with van der Waals surface area (Å²) in [6.07, 6.45) is 0. The zero-order valence-electron chi connectivity index (χ0n) is 10.7. The van der Waals surface area contributed by atoms with Crippen LogP contribution in [0.2, 0.25) is 0 Å². The summed E-state index contributed by atoms with van der Waals surface area (Å²) in [6.45, 7) is 10.5. The zero-order valence-corrected chi connectivity index (χ0v) is 11.5. The van der Waals surface area contributed by atoms with Crippen LogP contribution in [-0.2, 0) is 4.79 Å². The van der Waals surface area contributed by atoms with Crippen LogP contribution < -0.4 is 0 Å². The second kappa shape index (κ2) is 7.05. The minimum atomic E-state index is -0.268. The van der Waals surface area contributed by atoms with Crippen molar-refractivity contribution < 1.29 is 9.58 Å². The van der Waals surface area contributed by atoms with Gasteiger partial charge < -0.3 is 5.53 Å². The molecule has 0 bridgehead atoms. The van der Waals surface area contributed by atoms with E-state index >= 15 is 0 Å². The SMILES string of the molecule is C=[N+]=[N-].Cc1ccc(SC(=O)C(C)(C)C)cc1. The first-order chi connectivity index (χ1) is 7.81. The molecule has 0 unspecified atom stereocenters. The first kappa shape index (κ1) is 15.6. The molecule has 0 aliphatic rings. The number of carbonyl (C=O) groups is 1. The molecule has 3 nitrogen and oxygen atoms in total. The molecule has 0 aromatic heterocycles. The van der Waals surface area contributed by atoms with Gasteiger partial charge in [0.15, 0.2) is 5.12 Å². The molecule has 0 aliphatic heterocycles. The Morgan fingerprint density at radius 1 is 1.29 bits per heavy atom. The number of aryl methyl sites for hydroxylation is 1. The van der Waals surface area contributed by atoms with E-state index in [1.165, 1.54) is 17.3 Å². The molecule has 0 saturated heterocycles. The lowest BCUT2D eigenvalue weighted by Gasteiger charge is -2.15. The van der Waals surface area contributed by atoms with Crippen LogP contribution in [0.3, 0.4) is 0 Å². The quantitative estimate of drug-likeness (QED) is 0.331. The molecule has 92 valence electrons. The molecule has 0 radical (unpaired) electrons. The molecule has 0 fully saturated rings. The monoisotopic (exact) mass is 250 g/mol. The summed E-state index contributed by atoms with van der Waals surface area (Å²) in [4.78, 5) is 15.0. The van der Waals surface area contributed by atoms with Crippen molar-refractivity contribution in [1.82, 2.24) is 0 Å². The van der Waals surface area contributed by atoms with Gasteiger partial charge in [0.25, 0.3) is 0 Å². The third kappa shape index (κ3) is 6.72. The van der Waals surface area contributed by atoms with Crippen molar-refractivity contribution in [2.75, 3.05) is 0 Å². The largest absolute Gasteiger partial charge is 0.362 e. The maximum Gasteiger partial charge on any atom is 0.245 e. The number of nitrogens with zero attached hydrogens (tertiary/aromatic N) is 2. The van der Waals surface area contributed by atoms with E-state index in [4.69, 9.17) is 5.53 Å². The molecule has 17 heavy (non-hydrogen) atoms. The van der Waals surface area contributed by atoms with Crippen LogP contribution in [-0.4, -0.2) is 16.6 Å². The van der Waals surface area contributed by atoms with Gasteiger partial charge in [-0.15, -0.1) is 0 Å². The van der Waals surface area contributed by atoms with E-state index in [1.54, 1.807) is 0 Å². The molecular weight excluding hydrogens is 232 g/mol. The fourth-order valence-corrected chi connectivity index (χ4v) is 1.66. The predicted octanol–water partition coefficient (Wildman–Crippen LogP) is 3.58. The van der Waals surface area contributed by atoms with Crippen molar-refractivity contribution in [1.29, 1.82) is 0 Å². The fourth-order valence-electron chi connectivity index (χ4n) is 0.866. The van der Waals surface area contributed by atoms with E-state index in [-0.39, 0.29) is 10.5 Å². The molecule has 0 atom stereocenters. The molecule has 0 aliphatic carbocycles. The molecular formula is C13H18N2OS. The smallest absolute Gasteiger partial charge is 0.245 e. The Kier molecular flexibility index (Phi) is 6.47. The molecule has 0 N–H and O–H groups in total. The van der Waals surface area contributed by atoms with Crippen LogP contribution in [0, 0.1) is 12.3 Å². The van der Waals surface area contributed by atoms with Crippen LogP contribution in [0.1, 0.15) is 26.3 Å². The maximum absolute atomic E-state index is 11.7. The van der Waals surface area contributed by atoms with Crippen LogP contribution in [0.25, 0.3) is 5.53 Å². The van der Waals surface area contributed by atoms with Crippen LogP contribution >= 0.6 is 11.8 Å². The van der Waals surface area contributed by atoms with Gasteiger partial charge in [-0.2, -0.15) is 4.79 Å². The molecule has 1 rings (SSSR count). The van der Waals surface area contributed by atoms with Crippen molar-refractivity contribution in [2.45, 2.75) is 32.6 Å². The van der Waals surface area contributed by atoms with Gasteiger partial charge in [-0.25, -0.2) is 0 Å². The highest BCUT2D eigenvalue weighted by Crippen LogP contribution is 2.28. The first-order valence-corrected chi connectivity index (χ1v) is 6.02. The van der Waals surface area contributed by atoms with E-state index in [0.717, 1.165) is 4.90 Å².